The molecule has 0 amide bonds. The highest BCUT2D eigenvalue weighted by Gasteiger charge is 2.22. The number of hydrogen-bond donors (Lipinski definition) is 0. The minimum absolute atomic E-state index is 0.0245. The van der Waals surface area contributed by atoms with Crippen molar-refractivity contribution >= 4 is 28.8 Å². The fourth-order valence-electron chi connectivity index (χ4n) is 2.80. The SMILES string of the molecule is COc1cc(-c2ccc(S(=O)(=O)CCP(=O)([O-])Oc3ccc(C#N)c(F)c3)s2)ccc1C. The molecular weight excluding hydrogens is 476 g/mol. The van der Waals surface area contributed by atoms with Gasteiger partial charge in [0.15, 0.2) is 17.4 Å². The van der Waals surface area contributed by atoms with Gasteiger partial charge in [-0.25, -0.2) is 12.8 Å². The third-order valence-electron chi connectivity index (χ3n) is 4.52. The van der Waals surface area contributed by atoms with Crippen LogP contribution in [0, 0.1) is 24.1 Å². The third kappa shape index (κ3) is 5.56. The highest BCUT2D eigenvalue weighted by molar-refractivity contribution is 7.93. The molecule has 0 radical (unpaired) electrons. The molecule has 3 rings (SSSR count). The number of nitrogens with zero attached hydrogens (tertiary/aromatic N) is 1. The lowest BCUT2D eigenvalue weighted by molar-refractivity contribution is -0.190. The Balaban J connectivity index is 1.72. The number of nitriles is 1. The first-order valence-electron chi connectivity index (χ1n) is 9.21. The van der Waals surface area contributed by atoms with Crippen molar-refractivity contribution in [2.45, 2.75) is 11.1 Å². The lowest BCUT2D eigenvalue weighted by atomic mass is 10.1. The van der Waals surface area contributed by atoms with Crippen LogP contribution in [0.4, 0.5) is 4.39 Å². The van der Waals surface area contributed by atoms with Crippen LogP contribution >= 0.6 is 18.9 Å². The summed E-state index contributed by atoms with van der Waals surface area (Å²) in [4.78, 5) is 12.9. The molecular formula is C21H18FNO6PS2-. The Kier molecular flexibility index (Phi) is 7.06. The summed E-state index contributed by atoms with van der Waals surface area (Å²) < 4.78 is 61.3. The minimum atomic E-state index is -4.63. The highest BCUT2D eigenvalue weighted by atomic mass is 32.2. The van der Waals surface area contributed by atoms with E-state index < -0.39 is 35.2 Å². The van der Waals surface area contributed by atoms with Crippen molar-refractivity contribution in [1.82, 2.24) is 0 Å². The van der Waals surface area contributed by atoms with Crippen molar-refractivity contribution in [3.05, 3.63) is 65.5 Å². The second kappa shape index (κ2) is 9.43. The first-order chi connectivity index (χ1) is 15.0. The Morgan fingerprint density at radius 3 is 2.59 bits per heavy atom. The molecule has 0 fully saturated rings. The van der Waals surface area contributed by atoms with E-state index in [-0.39, 0.29) is 15.5 Å². The predicted octanol–water partition coefficient (Wildman–Crippen LogP) is 4.15. The van der Waals surface area contributed by atoms with Crippen LogP contribution in [-0.2, 0) is 14.4 Å². The summed E-state index contributed by atoms with van der Waals surface area (Å²) in [6.07, 6.45) is -0.789. The number of ether oxygens (including phenoxy) is 1. The largest absolute Gasteiger partial charge is 0.769 e. The van der Waals surface area contributed by atoms with Gasteiger partial charge in [0, 0.05) is 17.1 Å². The van der Waals surface area contributed by atoms with Gasteiger partial charge < -0.3 is 14.2 Å². The monoisotopic (exact) mass is 494 g/mol. The summed E-state index contributed by atoms with van der Waals surface area (Å²) in [5, 5.41) is 8.72. The van der Waals surface area contributed by atoms with E-state index in [0.29, 0.717) is 10.6 Å². The standard InChI is InChI=1S/C21H19FNO6PS2/c1-14-3-4-15(11-19(14)28-2)20-7-8-21(31-20)32(26,27)10-9-30(24,25)29-17-6-5-16(13-23)18(22)12-17/h3-8,11-12H,9-10H2,1-2H3,(H,24,25)/p-1. The topological polar surface area (TPSA) is 117 Å². The molecule has 3 aromatic rings. The summed E-state index contributed by atoms with van der Waals surface area (Å²) in [7, 11) is -6.98. The average molecular weight is 494 g/mol. The molecule has 32 heavy (non-hydrogen) atoms. The first-order valence-corrected chi connectivity index (χ1v) is 13.4. The quantitative estimate of drug-likeness (QED) is 0.432. The van der Waals surface area contributed by atoms with Crippen LogP contribution in [0.15, 0.2) is 52.7 Å². The molecule has 0 spiro atoms. The third-order valence-corrected chi connectivity index (χ3v) is 9.51. The summed E-state index contributed by atoms with van der Waals surface area (Å²) >= 11 is 1.02. The molecule has 0 saturated carbocycles. The fraction of sp³-hybridized carbons (Fsp3) is 0.190. The number of sulfone groups is 1. The van der Waals surface area contributed by atoms with E-state index in [4.69, 9.17) is 14.5 Å². The maximum atomic E-state index is 13.6. The molecule has 0 N–H and O–H groups in total. The summed E-state index contributed by atoms with van der Waals surface area (Å²) in [6.45, 7) is 1.89. The summed E-state index contributed by atoms with van der Waals surface area (Å²) in [5.41, 5.74) is 1.45. The van der Waals surface area contributed by atoms with E-state index in [2.05, 4.69) is 0 Å². The van der Waals surface area contributed by atoms with Gasteiger partial charge in [0.05, 0.1) is 18.4 Å². The number of aryl methyl sites for hydroxylation is 1. The summed E-state index contributed by atoms with van der Waals surface area (Å²) in [5.74, 6) is -1.28. The van der Waals surface area contributed by atoms with Gasteiger partial charge in [0.2, 0.25) is 0 Å². The molecule has 11 heteroatoms. The zero-order chi connectivity index (χ0) is 23.5. The number of methoxy groups -OCH3 is 1. The molecule has 168 valence electrons. The number of rotatable bonds is 8. The smallest absolute Gasteiger partial charge is 0.188 e. The second-order valence-corrected chi connectivity index (χ2v) is 12.1. The lowest BCUT2D eigenvalue weighted by Crippen LogP contribution is -2.18. The molecule has 0 bridgehead atoms. The summed E-state index contributed by atoms with van der Waals surface area (Å²) in [6, 6.07) is 13.2. The number of thiophene rings is 1. The van der Waals surface area contributed by atoms with Crippen molar-refractivity contribution < 1.29 is 31.5 Å². The Hall–Kier alpha value is -2.70. The minimum Gasteiger partial charge on any atom is -0.769 e. The first kappa shape index (κ1) is 24.0. The van der Waals surface area contributed by atoms with E-state index in [9.17, 15) is 22.3 Å². The van der Waals surface area contributed by atoms with Gasteiger partial charge in [-0.05, 0) is 48.4 Å². The molecule has 0 aliphatic rings. The zero-order valence-electron chi connectivity index (χ0n) is 17.1. The molecule has 1 atom stereocenters. The normalized spacial score (nSPS) is 13.2. The molecule has 0 saturated heterocycles. The Labute approximate surface area is 189 Å². The van der Waals surface area contributed by atoms with Gasteiger partial charge in [-0.3, -0.25) is 4.57 Å². The molecule has 1 unspecified atom stereocenters. The predicted molar refractivity (Wildman–Crippen MR) is 117 cm³/mol. The van der Waals surface area contributed by atoms with Gasteiger partial charge >= 0.3 is 0 Å². The van der Waals surface area contributed by atoms with E-state index >= 15 is 0 Å². The van der Waals surface area contributed by atoms with Crippen LogP contribution < -0.4 is 14.2 Å². The number of hydrogen-bond acceptors (Lipinski definition) is 8. The molecule has 0 aliphatic heterocycles. The van der Waals surface area contributed by atoms with Crippen molar-refractivity contribution in [3.8, 4) is 28.0 Å². The molecule has 2 aromatic carbocycles. The van der Waals surface area contributed by atoms with Crippen LogP contribution in [-0.4, -0.2) is 27.4 Å². The van der Waals surface area contributed by atoms with Crippen LogP contribution in [0.3, 0.4) is 0 Å². The number of benzene rings is 2. The maximum Gasteiger partial charge on any atom is 0.188 e. The van der Waals surface area contributed by atoms with Crippen molar-refractivity contribution in [1.29, 1.82) is 5.26 Å². The Bertz CT molecular complexity index is 1350. The van der Waals surface area contributed by atoms with Crippen LogP contribution in [0.1, 0.15) is 11.1 Å². The maximum absolute atomic E-state index is 13.6. The van der Waals surface area contributed by atoms with Crippen molar-refractivity contribution in [2.24, 2.45) is 0 Å². The molecule has 0 aliphatic carbocycles. The molecule has 1 heterocycles. The van der Waals surface area contributed by atoms with E-state index in [1.54, 1.807) is 25.3 Å². The lowest BCUT2D eigenvalue weighted by Gasteiger charge is -2.23. The van der Waals surface area contributed by atoms with Crippen LogP contribution in [0.25, 0.3) is 10.4 Å². The van der Waals surface area contributed by atoms with Gasteiger partial charge in [0.25, 0.3) is 0 Å². The number of halogens is 1. The molecule has 1 aromatic heterocycles. The zero-order valence-corrected chi connectivity index (χ0v) is 19.6. The second-order valence-electron chi connectivity index (χ2n) is 6.80. The highest BCUT2D eigenvalue weighted by Crippen LogP contribution is 2.40. The van der Waals surface area contributed by atoms with Gasteiger partial charge in [-0.1, -0.05) is 12.1 Å². The Morgan fingerprint density at radius 1 is 1.19 bits per heavy atom. The molecule has 7 nitrogen and oxygen atoms in total. The van der Waals surface area contributed by atoms with Gasteiger partial charge in [-0.15, -0.1) is 11.3 Å². The Morgan fingerprint density at radius 2 is 1.94 bits per heavy atom. The van der Waals surface area contributed by atoms with E-state index in [1.807, 2.05) is 19.1 Å². The van der Waals surface area contributed by atoms with Crippen molar-refractivity contribution in [2.75, 3.05) is 19.0 Å². The van der Waals surface area contributed by atoms with Crippen LogP contribution in [0.5, 0.6) is 11.5 Å². The average Bonchev–Trinajstić information content (AvgIpc) is 3.24. The van der Waals surface area contributed by atoms with Gasteiger partial charge in [0.1, 0.15) is 27.6 Å². The van der Waals surface area contributed by atoms with Gasteiger partial charge in [-0.2, -0.15) is 5.26 Å². The van der Waals surface area contributed by atoms with E-state index in [1.165, 1.54) is 6.07 Å². The van der Waals surface area contributed by atoms with Crippen molar-refractivity contribution in [3.63, 3.8) is 0 Å². The fourth-order valence-corrected chi connectivity index (χ4v) is 7.42. The van der Waals surface area contributed by atoms with E-state index in [0.717, 1.165) is 40.7 Å². The van der Waals surface area contributed by atoms with Crippen LogP contribution in [0.2, 0.25) is 0 Å².